The summed E-state index contributed by atoms with van der Waals surface area (Å²) in [6.07, 6.45) is 15.9. The zero-order valence-corrected chi connectivity index (χ0v) is 17.6. The summed E-state index contributed by atoms with van der Waals surface area (Å²) in [5, 5.41) is 13.6. The zero-order valence-electron chi connectivity index (χ0n) is 16.0. The lowest BCUT2D eigenvalue weighted by Gasteiger charge is -2.03. The van der Waals surface area contributed by atoms with Crippen LogP contribution < -0.4 is 5.43 Å². The van der Waals surface area contributed by atoms with E-state index in [1.165, 1.54) is 64.0 Å². The van der Waals surface area contributed by atoms with Gasteiger partial charge in [0.05, 0.1) is 6.21 Å². The Bertz CT molecular complexity index is 547. The van der Waals surface area contributed by atoms with E-state index in [1.54, 1.807) is 18.2 Å². The normalized spacial score (nSPS) is 11.2. The van der Waals surface area contributed by atoms with Crippen molar-refractivity contribution < 1.29 is 9.90 Å². The van der Waals surface area contributed by atoms with Crippen LogP contribution in [0.5, 0.6) is 5.75 Å². The van der Waals surface area contributed by atoms with E-state index < -0.39 is 0 Å². The Labute approximate surface area is 166 Å². The monoisotopic (exact) mass is 424 g/mol. The van der Waals surface area contributed by atoms with Gasteiger partial charge in [-0.25, -0.2) is 5.43 Å². The number of nitrogens with one attached hydrogen (secondary N) is 1. The highest BCUT2D eigenvalue weighted by Gasteiger charge is 2.01. The van der Waals surface area contributed by atoms with Gasteiger partial charge in [-0.1, -0.05) is 87.1 Å². The summed E-state index contributed by atoms with van der Waals surface area (Å²) in [4.78, 5) is 11.7. The van der Waals surface area contributed by atoms with Gasteiger partial charge in [-0.15, -0.1) is 0 Å². The van der Waals surface area contributed by atoms with Gasteiger partial charge < -0.3 is 5.11 Å². The summed E-state index contributed by atoms with van der Waals surface area (Å²) in [5.41, 5.74) is 3.08. The molecule has 4 nitrogen and oxygen atoms in total. The SMILES string of the molecule is CCCCCCCCCCCCCC(=O)NN=Cc1cc(Br)ccc1O. The van der Waals surface area contributed by atoms with Gasteiger partial charge >= 0.3 is 0 Å². The molecule has 0 heterocycles. The fourth-order valence-electron chi connectivity index (χ4n) is 2.81. The number of hydrogen-bond acceptors (Lipinski definition) is 3. The Morgan fingerprint density at radius 3 is 2.23 bits per heavy atom. The summed E-state index contributed by atoms with van der Waals surface area (Å²) < 4.78 is 0.851. The quantitative estimate of drug-likeness (QED) is 0.209. The molecule has 26 heavy (non-hydrogen) atoms. The van der Waals surface area contributed by atoms with Crippen LogP contribution in [0.25, 0.3) is 0 Å². The number of phenolic OH excluding ortho intramolecular Hbond substituents is 1. The van der Waals surface area contributed by atoms with E-state index in [-0.39, 0.29) is 11.7 Å². The lowest BCUT2D eigenvalue weighted by Crippen LogP contribution is -2.16. The number of hydrogen-bond donors (Lipinski definition) is 2. The maximum absolute atomic E-state index is 11.7. The largest absolute Gasteiger partial charge is 0.507 e. The lowest BCUT2D eigenvalue weighted by molar-refractivity contribution is -0.121. The average molecular weight is 425 g/mol. The number of nitrogens with zero attached hydrogens (tertiary/aromatic N) is 1. The van der Waals surface area contributed by atoms with Crippen molar-refractivity contribution in [2.75, 3.05) is 0 Å². The van der Waals surface area contributed by atoms with Crippen LogP contribution in [-0.2, 0) is 4.79 Å². The van der Waals surface area contributed by atoms with E-state index in [1.807, 2.05) is 0 Å². The van der Waals surface area contributed by atoms with Crippen LogP contribution in [0, 0.1) is 0 Å². The van der Waals surface area contributed by atoms with Crippen molar-refractivity contribution in [2.24, 2.45) is 5.10 Å². The molecule has 2 N–H and O–H groups in total. The predicted molar refractivity (Wildman–Crippen MR) is 113 cm³/mol. The highest BCUT2D eigenvalue weighted by atomic mass is 79.9. The summed E-state index contributed by atoms with van der Waals surface area (Å²) in [6, 6.07) is 5.07. The molecule has 0 aromatic heterocycles. The average Bonchev–Trinajstić information content (AvgIpc) is 2.62. The van der Waals surface area contributed by atoms with E-state index in [0.29, 0.717) is 12.0 Å². The van der Waals surface area contributed by atoms with Crippen LogP contribution in [-0.4, -0.2) is 17.2 Å². The highest BCUT2D eigenvalue weighted by Crippen LogP contribution is 2.20. The first-order valence-electron chi connectivity index (χ1n) is 9.94. The fraction of sp³-hybridized carbons (Fsp3) is 0.619. The number of carbonyl (C=O) groups is 1. The third-order valence-electron chi connectivity index (χ3n) is 4.39. The second-order valence-electron chi connectivity index (χ2n) is 6.78. The molecule has 1 amide bonds. The molecule has 0 atom stereocenters. The predicted octanol–water partition coefficient (Wildman–Crippen LogP) is 6.31. The lowest BCUT2D eigenvalue weighted by atomic mass is 10.1. The number of benzene rings is 1. The molecule has 1 rings (SSSR count). The molecule has 1 aromatic carbocycles. The number of hydrazone groups is 1. The third kappa shape index (κ3) is 11.3. The van der Waals surface area contributed by atoms with E-state index in [9.17, 15) is 9.90 Å². The van der Waals surface area contributed by atoms with Gasteiger partial charge in [0.25, 0.3) is 0 Å². The van der Waals surface area contributed by atoms with Crippen molar-refractivity contribution in [1.29, 1.82) is 0 Å². The molecule has 0 unspecified atom stereocenters. The molecular formula is C21H33BrN2O2. The van der Waals surface area contributed by atoms with Crippen molar-refractivity contribution in [2.45, 2.75) is 84.0 Å². The molecule has 5 heteroatoms. The minimum atomic E-state index is -0.0772. The Hall–Kier alpha value is -1.36. The Kier molecular flexibility index (Phi) is 12.9. The van der Waals surface area contributed by atoms with Crippen molar-refractivity contribution >= 4 is 28.1 Å². The minimum Gasteiger partial charge on any atom is -0.507 e. The van der Waals surface area contributed by atoms with Gasteiger partial charge in [0.2, 0.25) is 5.91 Å². The van der Waals surface area contributed by atoms with Gasteiger partial charge in [-0.05, 0) is 24.6 Å². The van der Waals surface area contributed by atoms with Gasteiger partial charge in [0.1, 0.15) is 5.75 Å². The van der Waals surface area contributed by atoms with Crippen LogP contribution in [0.3, 0.4) is 0 Å². The highest BCUT2D eigenvalue weighted by molar-refractivity contribution is 9.10. The molecule has 0 fully saturated rings. The summed E-state index contributed by atoms with van der Waals surface area (Å²) in [7, 11) is 0. The second kappa shape index (κ2) is 14.8. The second-order valence-corrected chi connectivity index (χ2v) is 7.70. The molecule has 0 bridgehead atoms. The van der Waals surface area contributed by atoms with Crippen molar-refractivity contribution in [3.63, 3.8) is 0 Å². The summed E-state index contributed by atoms with van der Waals surface area (Å²) >= 11 is 3.34. The number of rotatable bonds is 14. The van der Waals surface area contributed by atoms with Gasteiger partial charge in [0, 0.05) is 16.5 Å². The standard InChI is InChI=1S/C21H33BrN2O2/c1-2-3-4-5-6-7-8-9-10-11-12-13-21(26)24-23-17-18-16-19(22)14-15-20(18)25/h14-17,25H,2-13H2,1H3,(H,24,26). The van der Waals surface area contributed by atoms with Crippen molar-refractivity contribution in [3.8, 4) is 5.75 Å². The number of amides is 1. The molecule has 0 aliphatic heterocycles. The molecule has 146 valence electrons. The van der Waals surface area contributed by atoms with E-state index >= 15 is 0 Å². The maximum atomic E-state index is 11.7. The van der Waals surface area contributed by atoms with Crippen molar-refractivity contribution in [3.05, 3.63) is 28.2 Å². The zero-order chi connectivity index (χ0) is 19.0. The van der Waals surface area contributed by atoms with Crippen LogP contribution in [0.15, 0.2) is 27.8 Å². The fourth-order valence-corrected chi connectivity index (χ4v) is 3.19. The number of aromatic hydroxyl groups is 1. The first-order valence-corrected chi connectivity index (χ1v) is 10.7. The topological polar surface area (TPSA) is 61.7 Å². The molecule has 0 radical (unpaired) electrons. The van der Waals surface area contributed by atoms with Crippen LogP contribution in [0.1, 0.15) is 89.5 Å². The Balaban J connectivity index is 2.00. The Morgan fingerprint density at radius 2 is 1.62 bits per heavy atom. The first-order chi connectivity index (χ1) is 12.6. The molecule has 0 spiro atoms. The van der Waals surface area contributed by atoms with Gasteiger partial charge in [-0.3, -0.25) is 4.79 Å². The van der Waals surface area contributed by atoms with Gasteiger partial charge in [-0.2, -0.15) is 5.10 Å². The molecule has 0 aliphatic carbocycles. The number of halogens is 1. The number of carbonyl (C=O) groups excluding carboxylic acids is 1. The van der Waals surface area contributed by atoms with E-state index in [4.69, 9.17) is 0 Å². The maximum Gasteiger partial charge on any atom is 0.240 e. The smallest absolute Gasteiger partial charge is 0.240 e. The van der Waals surface area contributed by atoms with Crippen LogP contribution in [0.2, 0.25) is 0 Å². The van der Waals surface area contributed by atoms with Crippen molar-refractivity contribution in [1.82, 2.24) is 5.43 Å². The molecule has 0 saturated carbocycles. The number of phenols is 1. The molecule has 0 aliphatic rings. The van der Waals surface area contributed by atoms with Gasteiger partial charge in [0.15, 0.2) is 0 Å². The van der Waals surface area contributed by atoms with Crippen LogP contribution >= 0.6 is 15.9 Å². The Morgan fingerprint density at radius 1 is 1.04 bits per heavy atom. The molecular weight excluding hydrogens is 392 g/mol. The minimum absolute atomic E-state index is 0.0772. The van der Waals surface area contributed by atoms with E-state index in [0.717, 1.165) is 17.3 Å². The third-order valence-corrected chi connectivity index (χ3v) is 4.88. The van der Waals surface area contributed by atoms with Crippen LogP contribution in [0.4, 0.5) is 0 Å². The summed E-state index contributed by atoms with van der Waals surface area (Å²) in [6.45, 7) is 2.25. The molecule has 0 saturated heterocycles. The number of unbranched alkanes of at least 4 members (excludes halogenated alkanes) is 10. The first kappa shape index (κ1) is 22.7. The summed E-state index contributed by atoms with van der Waals surface area (Å²) in [5.74, 6) is 0.0585. The molecule has 1 aromatic rings. The van der Waals surface area contributed by atoms with E-state index in [2.05, 4.69) is 33.4 Å².